The molecule has 0 bridgehead atoms. The van der Waals surface area contributed by atoms with Crippen molar-refractivity contribution in [3.05, 3.63) is 0 Å². The standard InChI is InChI=1S/C19H35N3O2/c1-13(2)19(24)17(20-14(3)4)12-18(23)22-8-6-21(7-9-22)16-10-15(5)11-16/h13-17,20H,6-12H2,1-5H3/t15?,16?,17-/m0/s1. The predicted molar refractivity (Wildman–Crippen MR) is 96.9 cm³/mol. The van der Waals surface area contributed by atoms with Crippen molar-refractivity contribution < 1.29 is 9.59 Å². The number of amides is 1. The minimum atomic E-state index is -0.358. The van der Waals surface area contributed by atoms with E-state index in [2.05, 4.69) is 17.1 Å². The van der Waals surface area contributed by atoms with Crippen LogP contribution in [0.2, 0.25) is 0 Å². The van der Waals surface area contributed by atoms with Crippen LogP contribution < -0.4 is 5.32 Å². The molecule has 1 N–H and O–H groups in total. The Morgan fingerprint density at radius 2 is 1.62 bits per heavy atom. The van der Waals surface area contributed by atoms with Crippen molar-refractivity contribution in [1.29, 1.82) is 0 Å². The number of nitrogens with one attached hydrogen (secondary N) is 1. The number of piperazine rings is 1. The maximum atomic E-state index is 12.6. The van der Waals surface area contributed by atoms with E-state index in [-0.39, 0.29) is 36.1 Å². The molecule has 5 heteroatoms. The van der Waals surface area contributed by atoms with Gasteiger partial charge in [-0.05, 0) is 18.8 Å². The van der Waals surface area contributed by atoms with Gasteiger partial charge in [-0.3, -0.25) is 14.5 Å². The Kier molecular flexibility index (Phi) is 6.81. The highest BCUT2D eigenvalue weighted by Crippen LogP contribution is 2.31. The van der Waals surface area contributed by atoms with Gasteiger partial charge in [0.1, 0.15) is 0 Å². The molecule has 1 heterocycles. The fraction of sp³-hybridized carbons (Fsp3) is 0.895. The summed E-state index contributed by atoms with van der Waals surface area (Å²) < 4.78 is 0. The van der Waals surface area contributed by atoms with E-state index < -0.39 is 0 Å². The number of hydrogen-bond donors (Lipinski definition) is 1. The van der Waals surface area contributed by atoms with Crippen LogP contribution in [-0.2, 0) is 9.59 Å². The second kappa shape index (κ2) is 8.43. The third-order valence-corrected chi connectivity index (χ3v) is 5.36. The zero-order valence-corrected chi connectivity index (χ0v) is 16.0. The average molecular weight is 338 g/mol. The lowest BCUT2D eigenvalue weighted by atomic mass is 9.80. The van der Waals surface area contributed by atoms with Crippen LogP contribution in [0.15, 0.2) is 0 Å². The monoisotopic (exact) mass is 337 g/mol. The van der Waals surface area contributed by atoms with E-state index in [1.807, 2.05) is 32.6 Å². The molecular weight excluding hydrogens is 302 g/mol. The van der Waals surface area contributed by atoms with Crippen molar-refractivity contribution in [3.63, 3.8) is 0 Å². The highest BCUT2D eigenvalue weighted by atomic mass is 16.2. The molecule has 1 saturated carbocycles. The summed E-state index contributed by atoms with van der Waals surface area (Å²) in [4.78, 5) is 29.5. The lowest BCUT2D eigenvalue weighted by Gasteiger charge is -2.45. The summed E-state index contributed by atoms with van der Waals surface area (Å²) in [6.45, 7) is 13.7. The van der Waals surface area contributed by atoms with Gasteiger partial charge in [0.25, 0.3) is 0 Å². The van der Waals surface area contributed by atoms with E-state index in [1.165, 1.54) is 12.8 Å². The van der Waals surface area contributed by atoms with Crippen LogP contribution in [0.4, 0.5) is 0 Å². The van der Waals surface area contributed by atoms with Gasteiger partial charge in [-0.2, -0.15) is 0 Å². The first-order valence-corrected chi connectivity index (χ1v) is 9.59. The molecule has 24 heavy (non-hydrogen) atoms. The first-order chi connectivity index (χ1) is 11.3. The molecule has 5 nitrogen and oxygen atoms in total. The number of carbonyl (C=O) groups excluding carboxylic acids is 2. The second-order valence-corrected chi connectivity index (χ2v) is 8.28. The largest absolute Gasteiger partial charge is 0.340 e. The van der Waals surface area contributed by atoms with Crippen LogP contribution in [-0.4, -0.2) is 65.8 Å². The number of hydrogen-bond acceptors (Lipinski definition) is 4. The molecule has 0 unspecified atom stereocenters. The Morgan fingerprint density at radius 3 is 2.08 bits per heavy atom. The summed E-state index contributed by atoms with van der Waals surface area (Å²) in [5, 5.41) is 3.27. The van der Waals surface area contributed by atoms with Gasteiger partial charge >= 0.3 is 0 Å². The minimum Gasteiger partial charge on any atom is -0.340 e. The van der Waals surface area contributed by atoms with Crippen molar-refractivity contribution >= 4 is 11.7 Å². The molecule has 2 fully saturated rings. The molecular formula is C19H35N3O2. The van der Waals surface area contributed by atoms with Crippen molar-refractivity contribution in [2.75, 3.05) is 26.2 Å². The van der Waals surface area contributed by atoms with E-state index in [1.54, 1.807) is 0 Å². The molecule has 1 saturated heterocycles. The lowest BCUT2D eigenvalue weighted by Crippen LogP contribution is -2.56. The molecule has 0 spiro atoms. The smallest absolute Gasteiger partial charge is 0.224 e. The molecule has 0 aromatic rings. The summed E-state index contributed by atoms with van der Waals surface area (Å²) in [7, 11) is 0. The molecule has 2 rings (SSSR count). The Hall–Kier alpha value is -0.940. The fourth-order valence-corrected chi connectivity index (χ4v) is 3.84. The molecule has 1 aliphatic carbocycles. The van der Waals surface area contributed by atoms with Crippen molar-refractivity contribution in [2.24, 2.45) is 11.8 Å². The van der Waals surface area contributed by atoms with Crippen LogP contribution in [0.3, 0.4) is 0 Å². The zero-order chi connectivity index (χ0) is 17.9. The highest BCUT2D eigenvalue weighted by molar-refractivity contribution is 5.90. The first kappa shape index (κ1) is 19.4. The van der Waals surface area contributed by atoms with Crippen LogP contribution in [0.5, 0.6) is 0 Å². The summed E-state index contributed by atoms with van der Waals surface area (Å²) >= 11 is 0. The maximum absolute atomic E-state index is 12.6. The normalized spacial score (nSPS) is 26.5. The predicted octanol–water partition coefficient (Wildman–Crippen LogP) is 1.91. The fourth-order valence-electron chi connectivity index (χ4n) is 3.84. The number of nitrogens with zero attached hydrogens (tertiary/aromatic N) is 2. The molecule has 0 radical (unpaired) electrons. The Labute approximate surface area is 147 Å². The van der Waals surface area contributed by atoms with Crippen LogP contribution in [0, 0.1) is 11.8 Å². The second-order valence-electron chi connectivity index (χ2n) is 8.28. The van der Waals surface area contributed by atoms with Crippen molar-refractivity contribution in [2.45, 2.75) is 72.0 Å². The SMILES string of the molecule is CC1CC(N2CCN(C(=O)C[C@H](NC(C)C)C(=O)C(C)C)CC2)C1. The van der Waals surface area contributed by atoms with Gasteiger partial charge in [-0.1, -0.05) is 34.6 Å². The Morgan fingerprint density at radius 1 is 1.04 bits per heavy atom. The quantitative estimate of drug-likeness (QED) is 0.771. The number of rotatable bonds is 7. The van der Waals surface area contributed by atoms with E-state index in [0.29, 0.717) is 0 Å². The number of Topliss-reactive ketones (excluding diaryl/α,β-unsaturated/α-hetero) is 1. The Balaban J connectivity index is 1.83. The Bertz CT molecular complexity index is 436. The van der Waals surface area contributed by atoms with Crippen molar-refractivity contribution in [1.82, 2.24) is 15.1 Å². The maximum Gasteiger partial charge on any atom is 0.224 e. The molecule has 2 aliphatic rings. The van der Waals surface area contributed by atoms with Gasteiger partial charge in [0.05, 0.1) is 6.04 Å². The molecule has 0 aromatic carbocycles. The van der Waals surface area contributed by atoms with Gasteiger partial charge < -0.3 is 10.2 Å². The molecule has 1 aliphatic heterocycles. The molecule has 1 amide bonds. The molecule has 1 atom stereocenters. The van der Waals surface area contributed by atoms with Crippen LogP contribution in [0.1, 0.15) is 53.9 Å². The third kappa shape index (κ3) is 5.03. The van der Waals surface area contributed by atoms with E-state index >= 15 is 0 Å². The van der Waals surface area contributed by atoms with Gasteiger partial charge in [-0.15, -0.1) is 0 Å². The molecule has 0 aromatic heterocycles. The first-order valence-electron chi connectivity index (χ1n) is 9.59. The minimum absolute atomic E-state index is 0.0495. The van der Waals surface area contributed by atoms with E-state index in [9.17, 15) is 9.59 Å². The van der Waals surface area contributed by atoms with Gasteiger partial charge in [0.15, 0.2) is 5.78 Å². The van der Waals surface area contributed by atoms with Gasteiger partial charge in [-0.25, -0.2) is 0 Å². The topological polar surface area (TPSA) is 52.6 Å². The summed E-state index contributed by atoms with van der Waals surface area (Å²) in [5.41, 5.74) is 0. The van der Waals surface area contributed by atoms with E-state index in [4.69, 9.17) is 0 Å². The highest BCUT2D eigenvalue weighted by Gasteiger charge is 2.34. The lowest BCUT2D eigenvalue weighted by molar-refractivity contribution is -0.137. The summed E-state index contributed by atoms with van der Waals surface area (Å²) in [6, 6.07) is 0.570. The summed E-state index contributed by atoms with van der Waals surface area (Å²) in [5.74, 6) is 1.06. The van der Waals surface area contributed by atoms with Crippen LogP contribution >= 0.6 is 0 Å². The molecule has 138 valence electrons. The van der Waals surface area contributed by atoms with Crippen molar-refractivity contribution in [3.8, 4) is 0 Å². The average Bonchev–Trinajstić information content (AvgIpc) is 2.50. The number of ketones is 1. The summed E-state index contributed by atoms with van der Waals surface area (Å²) in [6.07, 6.45) is 2.89. The zero-order valence-electron chi connectivity index (χ0n) is 16.0. The van der Waals surface area contributed by atoms with Gasteiger partial charge in [0, 0.05) is 50.6 Å². The van der Waals surface area contributed by atoms with Gasteiger partial charge in [0.2, 0.25) is 5.91 Å². The van der Waals surface area contributed by atoms with Crippen LogP contribution in [0.25, 0.3) is 0 Å². The number of carbonyl (C=O) groups is 2. The third-order valence-electron chi connectivity index (χ3n) is 5.36. The van der Waals surface area contributed by atoms with E-state index in [0.717, 1.165) is 38.1 Å².